The Labute approximate surface area is 180 Å². The maximum absolute atomic E-state index is 13.2. The van der Waals surface area contributed by atoms with Crippen LogP contribution in [0.4, 0.5) is 17.3 Å². The lowest BCUT2D eigenvalue weighted by atomic mass is 9.86. The number of benzene rings is 3. The van der Waals surface area contributed by atoms with Gasteiger partial charge >= 0.3 is 0 Å². The Morgan fingerprint density at radius 2 is 1.74 bits per heavy atom. The van der Waals surface area contributed by atoms with Crippen molar-refractivity contribution in [3.8, 4) is 11.3 Å². The fraction of sp³-hybridized carbons (Fsp3) is 0.160. The first kappa shape index (κ1) is 19.2. The lowest BCUT2D eigenvalue weighted by Gasteiger charge is -2.22. The zero-order valence-corrected chi connectivity index (χ0v) is 17.4. The van der Waals surface area contributed by atoms with Crippen LogP contribution in [0.2, 0.25) is 0 Å². The molecule has 31 heavy (non-hydrogen) atoms. The first-order chi connectivity index (χ1) is 15.1. The molecule has 1 aromatic heterocycles. The molecule has 1 aliphatic carbocycles. The molecule has 5 rings (SSSR count). The molecule has 3 aromatic carbocycles. The standard InChI is InChI=1S/C25H22N4O2/c1-14-9-10-18(15(2)13-14)27-25-28-20-8-4-6-17-22(20)23(29-25)21-16(24(17)31)5-3-7-19(21)26-11-12-30/h3-10,13,26,30H,11-12H2,1-2H3,(H,27,28,29). The first-order valence-corrected chi connectivity index (χ1v) is 10.2. The van der Waals surface area contributed by atoms with Gasteiger partial charge in [-0.05, 0) is 37.6 Å². The van der Waals surface area contributed by atoms with Gasteiger partial charge in [0.05, 0.1) is 17.8 Å². The van der Waals surface area contributed by atoms with Crippen LogP contribution in [0.1, 0.15) is 27.0 Å². The number of nitrogens with zero attached hydrogens (tertiary/aromatic N) is 2. The lowest BCUT2D eigenvalue weighted by Crippen LogP contribution is -2.15. The molecule has 0 saturated heterocycles. The number of fused-ring (bicyclic) bond motifs is 2. The minimum atomic E-state index is -0.0422. The van der Waals surface area contributed by atoms with E-state index in [0.29, 0.717) is 34.8 Å². The topological polar surface area (TPSA) is 87.1 Å². The Morgan fingerprint density at radius 1 is 0.935 bits per heavy atom. The highest BCUT2D eigenvalue weighted by atomic mass is 16.3. The number of rotatable bonds is 5. The number of aliphatic hydroxyl groups excluding tert-OH is 1. The van der Waals surface area contributed by atoms with Crippen molar-refractivity contribution in [3.63, 3.8) is 0 Å². The van der Waals surface area contributed by atoms with Gasteiger partial charge in [-0.3, -0.25) is 4.79 Å². The van der Waals surface area contributed by atoms with E-state index in [4.69, 9.17) is 9.97 Å². The van der Waals surface area contributed by atoms with Crippen LogP contribution in [0.25, 0.3) is 22.2 Å². The van der Waals surface area contributed by atoms with Gasteiger partial charge in [-0.25, -0.2) is 9.97 Å². The minimum absolute atomic E-state index is 0.00705. The summed E-state index contributed by atoms with van der Waals surface area (Å²) in [6.07, 6.45) is 0. The second-order valence-corrected chi connectivity index (χ2v) is 7.75. The average Bonchev–Trinajstić information content (AvgIpc) is 2.77. The normalized spacial score (nSPS) is 12.0. The number of aliphatic hydroxyl groups is 1. The summed E-state index contributed by atoms with van der Waals surface area (Å²) in [5.41, 5.74) is 7.38. The third-order valence-corrected chi connectivity index (χ3v) is 5.57. The Morgan fingerprint density at radius 3 is 2.55 bits per heavy atom. The second kappa shape index (κ2) is 7.49. The maximum Gasteiger partial charge on any atom is 0.228 e. The predicted octanol–water partition coefficient (Wildman–Crippen LogP) is 4.61. The van der Waals surface area contributed by atoms with E-state index in [-0.39, 0.29) is 12.4 Å². The molecule has 6 nitrogen and oxygen atoms in total. The number of aryl methyl sites for hydroxylation is 2. The zero-order chi connectivity index (χ0) is 21.5. The summed E-state index contributed by atoms with van der Waals surface area (Å²) in [6, 6.07) is 17.3. The van der Waals surface area contributed by atoms with Gasteiger partial charge in [-0.2, -0.15) is 0 Å². The van der Waals surface area contributed by atoms with Gasteiger partial charge in [0, 0.05) is 40.0 Å². The summed E-state index contributed by atoms with van der Waals surface area (Å²) in [4.78, 5) is 22.8. The summed E-state index contributed by atoms with van der Waals surface area (Å²) < 4.78 is 0. The van der Waals surface area contributed by atoms with Crippen molar-refractivity contribution in [3.05, 3.63) is 76.9 Å². The highest BCUT2D eigenvalue weighted by Gasteiger charge is 2.29. The van der Waals surface area contributed by atoms with E-state index in [2.05, 4.69) is 23.6 Å². The van der Waals surface area contributed by atoms with Gasteiger partial charge in [0.2, 0.25) is 5.95 Å². The number of anilines is 3. The largest absolute Gasteiger partial charge is 0.395 e. The molecule has 6 heteroatoms. The molecule has 0 spiro atoms. The average molecular weight is 410 g/mol. The van der Waals surface area contributed by atoms with Gasteiger partial charge < -0.3 is 15.7 Å². The van der Waals surface area contributed by atoms with Crippen molar-refractivity contribution in [2.75, 3.05) is 23.8 Å². The smallest absolute Gasteiger partial charge is 0.228 e. The molecule has 0 atom stereocenters. The molecular formula is C25H22N4O2. The number of carbonyl (C=O) groups is 1. The molecular weight excluding hydrogens is 388 g/mol. The molecule has 4 aromatic rings. The fourth-order valence-electron chi connectivity index (χ4n) is 4.16. The quantitative estimate of drug-likeness (QED) is 0.392. The van der Waals surface area contributed by atoms with Crippen LogP contribution in [-0.2, 0) is 0 Å². The van der Waals surface area contributed by atoms with Crippen LogP contribution < -0.4 is 10.6 Å². The number of hydrogen-bond donors (Lipinski definition) is 3. The van der Waals surface area contributed by atoms with Crippen LogP contribution in [0.3, 0.4) is 0 Å². The summed E-state index contributed by atoms with van der Waals surface area (Å²) >= 11 is 0. The molecule has 0 amide bonds. The van der Waals surface area contributed by atoms with Crippen molar-refractivity contribution in [1.82, 2.24) is 9.97 Å². The van der Waals surface area contributed by atoms with Crippen LogP contribution in [0, 0.1) is 13.8 Å². The Balaban J connectivity index is 1.73. The summed E-state index contributed by atoms with van der Waals surface area (Å²) in [6.45, 7) is 4.48. The Bertz CT molecular complexity index is 1350. The summed E-state index contributed by atoms with van der Waals surface area (Å²) in [5.74, 6) is 0.434. The van der Waals surface area contributed by atoms with Crippen LogP contribution in [0.5, 0.6) is 0 Å². The van der Waals surface area contributed by atoms with Crippen molar-refractivity contribution in [1.29, 1.82) is 0 Å². The molecule has 0 bridgehead atoms. The molecule has 1 heterocycles. The van der Waals surface area contributed by atoms with Crippen LogP contribution in [0.15, 0.2) is 54.6 Å². The number of hydrogen-bond acceptors (Lipinski definition) is 6. The van der Waals surface area contributed by atoms with E-state index in [1.807, 2.05) is 55.5 Å². The van der Waals surface area contributed by atoms with Crippen molar-refractivity contribution in [2.45, 2.75) is 13.8 Å². The number of aromatic nitrogens is 2. The molecule has 0 saturated carbocycles. The van der Waals surface area contributed by atoms with Crippen molar-refractivity contribution >= 4 is 34.0 Å². The Hall–Kier alpha value is -3.77. The highest BCUT2D eigenvalue weighted by molar-refractivity contribution is 6.26. The lowest BCUT2D eigenvalue weighted by molar-refractivity contribution is 0.104. The summed E-state index contributed by atoms with van der Waals surface area (Å²) in [7, 11) is 0. The number of nitrogens with one attached hydrogen (secondary N) is 2. The maximum atomic E-state index is 13.2. The van der Waals surface area contributed by atoms with E-state index in [0.717, 1.165) is 27.9 Å². The van der Waals surface area contributed by atoms with Crippen LogP contribution in [-0.4, -0.2) is 34.0 Å². The molecule has 3 N–H and O–H groups in total. The third-order valence-electron chi connectivity index (χ3n) is 5.57. The molecule has 0 fully saturated rings. The van der Waals surface area contributed by atoms with Crippen LogP contribution >= 0.6 is 0 Å². The van der Waals surface area contributed by atoms with Crippen molar-refractivity contribution in [2.24, 2.45) is 0 Å². The van der Waals surface area contributed by atoms with Gasteiger partial charge in [-0.15, -0.1) is 0 Å². The predicted molar refractivity (Wildman–Crippen MR) is 123 cm³/mol. The monoisotopic (exact) mass is 410 g/mol. The van der Waals surface area contributed by atoms with E-state index < -0.39 is 0 Å². The molecule has 154 valence electrons. The molecule has 0 aliphatic heterocycles. The fourth-order valence-corrected chi connectivity index (χ4v) is 4.16. The molecule has 0 radical (unpaired) electrons. The first-order valence-electron chi connectivity index (χ1n) is 10.2. The third kappa shape index (κ3) is 3.21. The van der Waals surface area contributed by atoms with E-state index in [9.17, 15) is 9.90 Å². The van der Waals surface area contributed by atoms with Gasteiger partial charge in [0.1, 0.15) is 0 Å². The highest BCUT2D eigenvalue weighted by Crippen LogP contribution is 2.42. The van der Waals surface area contributed by atoms with Gasteiger partial charge in [0.25, 0.3) is 0 Å². The molecule has 1 aliphatic rings. The molecule has 0 unspecified atom stereocenters. The summed E-state index contributed by atoms with van der Waals surface area (Å²) in [5, 5.41) is 16.6. The zero-order valence-electron chi connectivity index (χ0n) is 17.4. The number of ketones is 1. The number of carbonyl (C=O) groups excluding carboxylic acids is 1. The Kier molecular flexibility index (Phi) is 4.64. The SMILES string of the molecule is Cc1ccc(Nc2nc3c4c(cccc4n2)C(=O)c2cccc(NCCO)c2-3)c(C)c1. The van der Waals surface area contributed by atoms with Gasteiger partial charge in [0.15, 0.2) is 5.78 Å². The minimum Gasteiger partial charge on any atom is -0.395 e. The van der Waals surface area contributed by atoms with E-state index >= 15 is 0 Å². The van der Waals surface area contributed by atoms with E-state index in [1.165, 1.54) is 5.56 Å². The van der Waals surface area contributed by atoms with Gasteiger partial charge in [-0.1, -0.05) is 42.0 Å². The van der Waals surface area contributed by atoms with Crippen molar-refractivity contribution < 1.29 is 9.90 Å². The second-order valence-electron chi connectivity index (χ2n) is 7.75. The van der Waals surface area contributed by atoms with E-state index in [1.54, 1.807) is 0 Å².